The second-order valence-corrected chi connectivity index (χ2v) is 5.70. The average Bonchev–Trinajstić information content (AvgIpc) is 2.55. The molecule has 1 aliphatic rings. The van der Waals surface area contributed by atoms with Crippen molar-refractivity contribution in [2.75, 3.05) is 6.61 Å². The molecule has 0 spiro atoms. The minimum absolute atomic E-state index is 0.130. The zero-order valence-electron chi connectivity index (χ0n) is 13.1. The van der Waals surface area contributed by atoms with Crippen molar-refractivity contribution in [2.24, 2.45) is 0 Å². The zero-order valence-corrected chi connectivity index (χ0v) is 13.1. The van der Waals surface area contributed by atoms with Gasteiger partial charge in [0, 0.05) is 17.7 Å². The fourth-order valence-corrected chi connectivity index (χ4v) is 2.96. The van der Waals surface area contributed by atoms with Gasteiger partial charge in [-0.05, 0) is 43.0 Å². The number of carbonyl (C=O) groups is 2. The number of benzene rings is 1. The Morgan fingerprint density at radius 2 is 1.96 bits per heavy atom. The van der Waals surface area contributed by atoms with Crippen LogP contribution in [0.3, 0.4) is 0 Å². The normalized spacial score (nSPS) is 16.6. The standard InChI is InChI=1S/C18H16FNO4/c1-2-24-18(23)14-9-13-15(20-17(14)22)7-11(8-16(13)21)10-3-5-12(19)6-4-10/h3-6,9,11H,2,7-8H2,1H3,(H,20,22). The summed E-state index contributed by atoms with van der Waals surface area (Å²) in [5.74, 6) is -1.37. The number of ether oxygens (including phenoxy) is 1. The molecule has 2 aromatic rings. The quantitative estimate of drug-likeness (QED) is 0.878. The third kappa shape index (κ3) is 2.99. The van der Waals surface area contributed by atoms with Gasteiger partial charge in [0.25, 0.3) is 5.56 Å². The lowest BCUT2D eigenvalue weighted by Crippen LogP contribution is -2.28. The fourth-order valence-electron chi connectivity index (χ4n) is 2.96. The molecule has 1 atom stereocenters. The van der Waals surface area contributed by atoms with E-state index in [1.807, 2.05) is 0 Å². The SMILES string of the molecule is CCOC(=O)c1cc2c([nH]c1=O)CC(c1ccc(F)cc1)CC2=O. The minimum atomic E-state index is -0.741. The fraction of sp³-hybridized carbons (Fsp3) is 0.278. The largest absolute Gasteiger partial charge is 0.462 e. The van der Waals surface area contributed by atoms with Crippen molar-refractivity contribution in [3.8, 4) is 0 Å². The Morgan fingerprint density at radius 3 is 2.62 bits per heavy atom. The monoisotopic (exact) mass is 329 g/mol. The predicted octanol–water partition coefficient (Wildman–Crippen LogP) is 2.60. The lowest BCUT2D eigenvalue weighted by atomic mass is 9.81. The van der Waals surface area contributed by atoms with E-state index in [0.29, 0.717) is 17.7 Å². The first-order valence-corrected chi connectivity index (χ1v) is 7.71. The minimum Gasteiger partial charge on any atom is -0.462 e. The highest BCUT2D eigenvalue weighted by molar-refractivity contribution is 6.01. The Labute approximate surface area is 137 Å². The lowest BCUT2D eigenvalue weighted by Gasteiger charge is -2.24. The molecule has 1 aromatic heterocycles. The molecule has 0 radical (unpaired) electrons. The molecule has 0 saturated heterocycles. The number of pyridine rings is 1. The molecular formula is C18H16FNO4. The number of halogens is 1. The Balaban J connectivity index is 1.95. The highest BCUT2D eigenvalue weighted by Crippen LogP contribution is 2.31. The summed E-state index contributed by atoms with van der Waals surface area (Å²) in [7, 11) is 0. The number of hydrogen-bond acceptors (Lipinski definition) is 4. The molecule has 1 N–H and O–H groups in total. The Bertz CT molecular complexity index is 854. The molecule has 24 heavy (non-hydrogen) atoms. The zero-order chi connectivity index (χ0) is 17.3. The van der Waals surface area contributed by atoms with Crippen molar-refractivity contribution in [3.05, 3.63) is 68.9 Å². The molecule has 0 aliphatic heterocycles. The van der Waals surface area contributed by atoms with Gasteiger partial charge in [-0.2, -0.15) is 0 Å². The van der Waals surface area contributed by atoms with Gasteiger partial charge in [0.05, 0.1) is 6.61 Å². The number of rotatable bonds is 3. The van der Waals surface area contributed by atoms with Gasteiger partial charge in [-0.15, -0.1) is 0 Å². The van der Waals surface area contributed by atoms with Gasteiger partial charge in [-0.3, -0.25) is 9.59 Å². The van der Waals surface area contributed by atoms with Gasteiger partial charge in [-0.25, -0.2) is 9.18 Å². The molecular weight excluding hydrogens is 313 g/mol. The number of aromatic amines is 1. The molecule has 0 amide bonds. The van der Waals surface area contributed by atoms with E-state index in [-0.39, 0.29) is 36.1 Å². The van der Waals surface area contributed by atoms with E-state index < -0.39 is 11.5 Å². The van der Waals surface area contributed by atoms with Crippen LogP contribution in [0.5, 0.6) is 0 Å². The Kier molecular flexibility index (Phi) is 4.29. The second kappa shape index (κ2) is 6.39. The molecule has 1 aromatic carbocycles. The van der Waals surface area contributed by atoms with E-state index in [1.165, 1.54) is 18.2 Å². The molecule has 6 heteroatoms. The maximum Gasteiger partial charge on any atom is 0.343 e. The van der Waals surface area contributed by atoms with E-state index in [4.69, 9.17) is 4.74 Å². The van der Waals surface area contributed by atoms with Crippen LogP contribution >= 0.6 is 0 Å². The van der Waals surface area contributed by atoms with Crippen LogP contribution in [0.25, 0.3) is 0 Å². The number of hydrogen-bond donors (Lipinski definition) is 1. The number of esters is 1. The number of ketones is 1. The summed E-state index contributed by atoms with van der Waals surface area (Å²) in [6, 6.07) is 7.30. The molecule has 1 aliphatic carbocycles. The first-order chi connectivity index (χ1) is 11.5. The summed E-state index contributed by atoms with van der Waals surface area (Å²) >= 11 is 0. The number of H-pyrrole nitrogens is 1. The summed E-state index contributed by atoms with van der Waals surface area (Å²) in [5, 5.41) is 0. The first-order valence-electron chi connectivity index (χ1n) is 7.71. The van der Waals surface area contributed by atoms with Crippen molar-refractivity contribution in [2.45, 2.75) is 25.7 Å². The first kappa shape index (κ1) is 16.1. The molecule has 0 fully saturated rings. The van der Waals surface area contributed by atoms with Crippen molar-refractivity contribution in [1.29, 1.82) is 0 Å². The van der Waals surface area contributed by atoms with Crippen LogP contribution in [0.15, 0.2) is 35.1 Å². The third-order valence-electron chi connectivity index (χ3n) is 4.14. The van der Waals surface area contributed by atoms with Crippen molar-refractivity contribution >= 4 is 11.8 Å². The third-order valence-corrected chi connectivity index (χ3v) is 4.14. The van der Waals surface area contributed by atoms with Crippen LogP contribution in [0.1, 0.15) is 51.2 Å². The van der Waals surface area contributed by atoms with Crippen LogP contribution in [-0.4, -0.2) is 23.3 Å². The summed E-state index contributed by atoms with van der Waals surface area (Å²) in [5.41, 5.74) is 0.948. The maximum absolute atomic E-state index is 13.0. The number of fused-ring (bicyclic) bond motifs is 1. The molecule has 0 bridgehead atoms. The number of nitrogens with one attached hydrogen (secondary N) is 1. The van der Waals surface area contributed by atoms with Crippen LogP contribution in [0.4, 0.5) is 4.39 Å². The molecule has 124 valence electrons. The van der Waals surface area contributed by atoms with Gasteiger partial charge in [0.2, 0.25) is 0 Å². The van der Waals surface area contributed by atoms with E-state index in [0.717, 1.165) is 5.56 Å². The van der Waals surface area contributed by atoms with Gasteiger partial charge >= 0.3 is 5.97 Å². The average molecular weight is 329 g/mol. The Hall–Kier alpha value is -2.76. The number of Topliss-reactive ketones (excluding diaryl/α,β-unsaturated/α-hetero) is 1. The Morgan fingerprint density at radius 1 is 1.25 bits per heavy atom. The smallest absolute Gasteiger partial charge is 0.343 e. The molecule has 1 unspecified atom stereocenters. The van der Waals surface area contributed by atoms with Crippen molar-refractivity contribution in [1.82, 2.24) is 4.98 Å². The maximum atomic E-state index is 13.0. The number of carbonyl (C=O) groups excluding carboxylic acids is 2. The van der Waals surface area contributed by atoms with Gasteiger partial charge in [0.15, 0.2) is 5.78 Å². The predicted molar refractivity (Wildman–Crippen MR) is 84.8 cm³/mol. The highest BCUT2D eigenvalue weighted by Gasteiger charge is 2.29. The van der Waals surface area contributed by atoms with Crippen molar-refractivity contribution < 1.29 is 18.7 Å². The van der Waals surface area contributed by atoms with E-state index in [1.54, 1.807) is 19.1 Å². The van der Waals surface area contributed by atoms with E-state index >= 15 is 0 Å². The van der Waals surface area contributed by atoms with Gasteiger partial charge < -0.3 is 9.72 Å². The molecule has 1 heterocycles. The summed E-state index contributed by atoms with van der Waals surface area (Å²) < 4.78 is 17.9. The van der Waals surface area contributed by atoms with Crippen LogP contribution in [0, 0.1) is 5.82 Å². The number of aromatic nitrogens is 1. The highest BCUT2D eigenvalue weighted by atomic mass is 19.1. The van der Waals surface area contributed by atoms with Crippen LogP contribution in [-0.2, 0) is 11.2 Å². The summed E-state index contributed by atoms with van der Waals surface area (Å²) in [6.45, 7) is 1.79. The summed E-state index contributed by atoms with van der Waals surface area (Å²) in [4.78, 5) is 38.9. The summed E-state index contributed by atoms with van der Waals surface area (Å²) in [6.07, 6.45) is 0.692. The van der Waals surface area contributed by atoms with Crippen LogP contribution in [0.2, 0.25) is 0 Å². The molecule has 5 nitrogen and oxygen atoms in total. The van der Waals surface area contributed by atoms with Gasteiger partial charge in [-0.1, -0.05) is 12.1 Å². The topological polar surface area (TPSA) is 76.2 Å². The van der Waals surface area contributed by atoms with E-state index in [9.17, 15) is 18.8 Å². The van der Waals surface area contributed by atoms with Crippen molar-refractivity contribution in [3.63, 3.8) is 0 Å². The molecule has 3 rings (SSSR count). The lowest BCUT2D eigenvalue weighted by molar-refractivity contribution is 0.0524. The van der Waals surface area contributed by atoms with Crippen LogP contribution < -0.4 is 5.56 Å². The second-order valence-electron chi connectivity index (χ2n) is 5.70. The van der Waals surface area contributed by atoms with E-state index in [2.05, 4.69) is 4.98 Å². The van der Waals surface area contributed by atoms with Gasteiger partial charge in [0.1, 0.15) is 11.4 Å². The molecule has 0 saturated carbocycles.